The van der Waals surface area contributed by atoms with Crippen LogP contribution in [-0.2, 0) is 0 Å². The third-order valence-corrected chi connectivity index (χ3v) is 1.44. The van der Waals surface area contributed by atoms with Crippen molar-refractivity contribution in [2.45, 2.75) is 39.5 Å². The van der Waals surface area contributed by atoms with E-state index in [4.69, 9.17) is 0 Å². The zero-order chi connectivity index (χ0) is 7.11. The topological polar surface area (TPSA) is 0 Å². The normalized spacial score (nSPS) is 9.10. The van der Waals surface area contributed by atoms with E-state index < -0.39 is 0 Å². The molecule has 10 heavy (non-hydrogen) atoms. The first-order valence-electron chi connectivity index (χ1n) is 3.88. The van der Waals surface area contributed by atoms with Gasteiger partial charge in [-0.25, -0.2) is 0 Å². The molecule has 0 aliphatic heterocycles. The maximum absolute atomic E-state index is 3.68. The van der Waals surface area contributed by atoms with Gasteiger partial charge in [-0.05, 0) is 18.8 Å². The molecule has 0 amide bonds. The molecular formula is C9H18Li. The Hall–Kier alpha value is 0.337. The van der Waals surface area contributed by atoms with E-state index in [2.05, 4.69) is 20.4 Å². The summed E-state index contributed by atoms with van der Waals surface area (Å²) in [6, 6.07) is 0. The van der Waals surface area contributed by atoms with Gasteiger partial charge >= 0.3 is 0 Å². The molecule has 0 heterocycles. The van der Waals surface area contributed by atoms with Crippen molar-refractivity contribution in [3.05, 3.63) is 12.7 Å². The summed E-state index contributed by atoms with van der Waals surface area (Å²) in [6.07, 6.45) is 7.24. The predicted octanol–water partition coefficient (Wildman–Crippen LogP) is 3.01. The summed E-state index contributed by atoms with van der Waals surface area (Å²) in [5.41, 5.74) is 0. The standard InChI is InChI=1S/C9H18.Li/c1-4-5-6-7-8-9(2)3;/h4,9H,1,5-8H2,2-3H3;. The SMILES string of the molecule is C=CCCCCC(C)C.[Li]. The number of hydrogen-bond acceptors (Lipinski definition) is 0. The van der Waals surface area contributed by atoms with Crippen LogP contribution in [0.2, 0.25) is 0 Å². The van der Waals surface area contributed by atoms with Crippen LogP contribution in [-0.4, -0.2) is 18.9 Å². The van der Waals surface area contributed by atoms with Crippen molar-refractivity contribution >= 4 is 18.9 Å². The molecule has 0 aliphatic rings. The molecule has 0 aromatic rings. The van der Waals surface area contributed by atoms with E-state index in [9.17, 15) is 0 Å². The Balaban J connectivity index is 0. The van der Waals surface area contributed by atoms with Gasteiger partial charge in [0.25, 0.3) is 0 Å². The van der Waals surface area contributed by atoms with Gasteiger partial charge < -0.3 is 0 Å². The fraction of sp³-hybridized carbons (Fsp3) is 0.778. The Morgan fingerprint density at radius 3 is 2.30 bits per heavy atom. The summed E-state index contributed by atoms with van der Waals surface area (Å²) in [6.45, 7) is 8.22. The van der Waals surface area contributed by atoms with Crippen molar-refractivity contribution in [2.75, 3.05) is 0 Å². The van der Waals surface area contributed by atoms with Crippen LogP contribution in [0.5, 0.6) is 0 Å². The zero-order valence-corrected chi connectivity index (χ0v) is 7.69. The fourth-order valence-corrected chi connectivity index (χ4v) is 0.841. The summed E-state index contributed by atoms with van der Waals surface area (Å²) in [5, 5.41) is 0. The van der Waals surface area contributed by atoms with E-state index in [0.29, 0.717) is 0 Å². The van der Waals surface area contributed by atoms with Crippen LogP contribution in [0.4, 0.5) is 0 Å². The maximum Gasteiger partial charge on any atom is 0 e. The average Bonchev–Trinajstić information content (AvgIpc) is 1.80. The number of allylic oxidation sites excluding steroid dienone is 1. The molecule has 0 N–H and O–H groups in total. The van der Waals surface area contributed by atoms with Crippen molar-refractivity contribution in [3.63, 3.8) is 0 Å². The van der Waals surface area contributed by atoms with E-state index in [-0.39, 0.29) is 18.9 Å². The summed E-state index contributed by atoms with van der Waals surface area (Å²) >= 11 is 0. The molecule has 0 nitrogen and oxygen atoms in total. The van der Waals surface area contributed by atoms with Crippen molar-refractivity contribution in [3.8, 4) is 0 Å². The van der Waals surface area contributed by atoms with Gasteiger partial charge in [0, 0.05) is 18.9 Å². The molecule has 0 bridgehead atoms. The van der Waals surface area contributed by atoms with Gasteiger partial charge in [0.05, 0.1) is 0 Å². The van der Waals surface area contributed by atoms with Crippen LogP contribution in [0.25, 0.3) is 0 Å². The van der Waals surface area contributed by atoms with Crippen molar-refractivity contribution in [2.24, 2.45) is 5.92 Å². The van der Waals surface area contributed by atoms with Crippen LogP contribution in [0.15, 0.2) is 12.7 Å². The third-order valence-electron chi connectivity index (χ3n) is 1.44. The molecule has 0 aromatic heterocycles. The molecule has 0 rings (SSSR count). The van der Waals surface area contributed by atoms with E-state index in [1.54, 1.807) is 0 Å². The Kier molecular flexibility index (Phi) is 12.1. The molecule has 0 atom stereocenters. The average molecular weight is 133 g/mol. The zero-order valence-electron chi connectivity index (χ0n) is 7.69. The second-order valence-electron chi connectivity index (χ2n) is 2.97. The minimum absolute atomic E-state index is 0. The molecule has 0 unspecified atom stereocenters. The Labute approximate surface area is 77.3 Å². The van der Waals surface area contributed by atoms with Gasteiger partial charge in [0.15, 0.2) is 0 Å². The van der Waals surface area contributed by atoms with Crippen molar-refractivity contribution in [1.29, 1.82) is 0 Å². The van der Waals surface area contributed by atoms with E-state index in [1.165, 1.54) is 25.7 Å². The fourth-order valence-electron chi connectivity index (χ4n) is 0.841. The predicted molar refractivity (Wildman–Crippen MR) is 49.3 cm³/mol. The van der Waals surface area contributed by atoms with Gasteiger partial charge in [-0.3, -0.25) is 0 Å². The van der Waals surface area contributed by atoms with Crippen LogP contribution in [0.1, 0.15) is 39.5 Å². The van der Waals surface area contributed by atoms with Gasteiger partial charge in [-0.2, -0.15) is 0 Å². The molecule has 0 aromatic carbocycles. The van der Waals surface area contributed by atoms with Crippen molar-refractivity contribution in [1.82, 2.24) is 0 Å². The first-order valence-corrected chi connectivity index (χ1v) is 3.88. The molecular weight excluding hydrogens is 115 g/mol. The van der Waals surface area contributed by atoms with Gasteiger partial charge in [0.2, 0.25) is 0 Å². The second kappa shape index (κ2) is 9.34. The van der Waals surface area contributed by atoms with Gasteiger partial charge in [-0.1, -0.05) is 32.8 Å². The second-order valence-corrected chi connectivity index (χ2v) is 2.97. The summed E-state index contributed by atoms with van der Waals surface area (Å²) in [5.74, 6) is 0.870. The van der Waals surface area contributed by atoms with Crippen molar-refractivity contribution < 1.29 is 0 Å². The monoisotopic (exact) mass is 133 g/mol. The number of unbranched alkanes of at least 4 members (excludes halogenated alkanes) is 2. The largest absolute Gasteiger partial charge is 0.103 e. The molecule has 0 saturated carbocycles. The van der Waals surface area contributed by atoms with Gasteiger partial charge in [-0.15, -0.1) is 6.58 Å². The molecule has 1 radical (unpaired) electrons. The quantitative estimate of drug-likeness (QED) is 0.307. The maximum atomic E-state index is 3.68. The Morgan fingerprint density at radius 1 is 1.30 bits per heavy atom. The number of rotatable bonds is 5. The van der Waals surface area contributed by atoms with Crippen LogP contribution >= 0.6 is 0 Å². The van der Waals surface area contributed by atoms with Gasteiger partial charge in [0.1, 0.15) is 0 Å². The third kappa shape index (κ3) is 11.2. The minimum atomic E-state index is 0. The number of hydrogen-bond donors (Lipinski definition) is 0. The summed E-state index contributed by atoms with van der Waals surface area (Å²) in [4.78, 5) is 0. The molecule has 1 heteroatoms. The summed E-state index contributed by atoms with van der Waals surface area (Å²) < 4.78 is 0. The molecule has 0 saturated heterocycles. The minimum Gasteiger partial charge on any atom is -0.103 e. The van der Waals surface area contributed by atoms with E-state index >= 15 is 0 Å². The molecule has 0 aliphatic carbocycles. The molecule has 0 spiro atoms. The van der Waals surface area contributed by atoms with Crippen LogP contribution in [0, 0.1) is 5.92 Å². The smallest absolute Gasteiger partial charge is 0 e. The van der Waals surface area contributed by atoms with Crippen LogP contribution < -0.4 is 0 Å². The Bertz CT molecular complexity index is 67.1. The first-order chi connectivity index (χ1) is 4.27. The molecule has 0 fully saturated rings. The van der Waals surface area contributed by atoms with Crippen LogP contribution in [0.3, 0.4) is 0 Å². The first kappa shape index (κ1) is 13.0. The van der Waals surface area contributed by atoms with E-state index in [0.717, 1.165) is 5.92 Å². The summed E-state index contributed by atoms with van der Waals surface area (Å²) in [7, 11) is 0. The van der Waals surface area contributed by atoms with E-state index in [1.807, 2.05) is 6.08 Å². The Morgan fingerprint density at radius 2 is 1.90 bits per heavy atom. The molecule has 55 valence electrons.